The molecule has 0 bridgehead atoms. The van der Waals surface area contributed by atoms with Gasteiger partial charge in [0.25, 0.3) is 0 Å². The first kappa shape index (κ1) is 19.8. The molecule has 0 unspecified atom stereocenters. The minimum Gasteiger partial charge on any atom is -0.325 e. The van der Waals surface area contributed by atoms with Gasteiger partial charge in [0.05, 0.1) is 12.1 Å². The molecule has 4 rings (SSSR count). The van der Waals surface area contributed by atoms with Gasteiger partial charge in [-0.25, -0.2) is 9.98 Å². The van der Waals surface area contributed by atoms with Gasteiger partial charge in [-0.15, -0.1) is 0 Å². The van der Waals surface area contributed by atoms with Crippen molar-refractivity contribution in [1.29, 1.82) is 0 Å². The van der Waals surface area contributed by atoms with E-state index in [0.29, 0.717) is 27.9 Å². The summed E-state index contributed by atoms with van der Waals surface area (Å²) >= 11 is 5.88. The van der Waals surface area contributed by atoms with Crippen LogP contribution in [0.1, 0.15) is 17.5 Å². The van der Waals surface area contributed by atoms with Crippen molar-refractivity contribution < 1.29 is 9.59 Å². The third-order valence-corrected chi connectivity index (χ3v) is 4.96. The van der Waals surface area contributed by atoms with Crippen LogP contribution in [-0.2, 0) is 9.59 Å². The summed E-state index contributed by atoms with van der Waals surface area (Å²) in [5, 5.41) is 3.36. The summed E-state index contributed by atoms with van der Waals surface area (Å²) in [7, 11) is 0. The van der Waals surface area contributed by atoms with Crippen molar-refractivity contribution in [2.45, 2.75) is 13.3 Å². The highest BCUT2D eigenvalue weighted by Crippen LogP contribution is 2.30. The van der Waals surface area contributed by atoms with Crippen LogP contribution in [0.15, 0.2) is 71.9 Å². The molecule has 1 aromatic heterocycles. The normalized spacial score (nSPS) is 13.3. The Balaban J connectivity index is 1.60. The summed E-state index contributed by atoms with van der Waals surface area (Å²) < 4.78 is 0. The van der Waals surface area contributed by atoms with Crippen molar-refractivity contribution in [3.05, 3.63) is 83.0 Å². The van der Waals surface area contributed by atoms with Gasteiger partial charge < -0.3 is 5.32 Å². The average Bonchev–Trinajstić information content (AvgIpc) is 2.87. The van der Waals surface area contributed by atoms with E-state index in [1.165, 1.54) is 4.90 Å². The minimum absolute atomic E-state index is 0.0770. The van der Waals surface area contributed by atoms with Crippen molar-refractivity contribution in [3.8, 4) is 0 Å². The summed E-state index contributed by atoms with van der Waals surface area (Å²) in [6.45, 7) is 1.84. The predicted octanol–water partition coefficient (Wildman–Crippen LogP) is 4.54. The molecule has 0 spiro atoms. The molecule has 0 fully saturated rings. The fourth-order valence-corrected chi connectivity index (χ4v) is 3.30. The molecule has 6 nitrogen and oxygen atoms in total. The monoisotopic (exact) mass is 418 g/mol. The van der Waals surface area contributed by atoms with Gasteiger partial charge in [0.2, 0.25) is 11.8 Å². The van der Waals surface area contributed by atoms with Gasteiger partial charge in [-0.3, -0.25) is 14.5 Å². The highest BCUT2D eigenvalue weighted by molar-refractivity contribution is 6.30. The number of anilines is 2. The minimum atomic E-state index is -0.332. The molecule has 3 aromatic rings. The molecule has 0 atom stereocenters. The lowest BCUT2D eigenvalue weighted by molar-refractivity contribution is -0.120. The third-order valence-electron chi connectivity index (χ3n) is 4.71. The zero-order chi connectivity index (χ0) is 21.1. The van der Waals surface area contributed by atoms with Crippen molar-refractivity contribution >= 4 is 46.3 Å². The molecule has 150 valence electrons. The van der Waals surface area contributed by atoms with E-state index >= 15 is 0 Å². The Morgan fingerprint density at radius 2 is 1.83 bits per heavy atom. The van der Waals surface area contributed by atoms with Gasteiger partial charge >= 0.3 is 0 Å². The molecule has 1 aliphatic heterocycles. The Bertz CT molecular complexity index is 1120. The first-order chi connectivity index (χ1) is 14.5. The predicted molar refractivity (Wildman–Crippen MR) is 119 cm³/mol. The molecule has 1 N–H and O–H groups in total. The number of nitrogens with zero attached hydrogens (tertiary/aromatic N) is 3. The fourth-order valence-electron chi connectivity index (χ4n) is 3.18. The number of nitrogens with one attached hydrogen (secondary N) is 1. The third kappa shape index (κ3) is 4.39. The molecule has 1 aliphatic rings. The fraction of sp³-hybridized carbons (Fsp3) is 0.130. The Kier molecular flexibility index (Phi) is 5.59. The SMILES string of the molecule is Cc1ccc(C2=Nc3cccnc3N(CC(=O)Nc3ccc(Cl)cc3)C(=O)C2)cc1. The van der Waals surface area contributed by atoms with Crippen molar-refractivity contribution in [1.82, 2.24) is 4.98 Å². The van der Waals surface area contributed by atoms with Crippen LogP contribution in [0.3, 0.4) is 0 Å². The molecule has 2 aromatic carbocycles. The van der Waals surface area contributed by atoms with Gasteiger partial charge in [0, 0.05) is 16.9 Å². The van der Waals surface area contributed by atoms with E-state index in [4.69, 9.17) is 11.6 Å². The van der Waals surface area contributed by atoms with Crippen LogP contribution in [0.25, 0.3) is 0 Å². The molecule has 2 amide bonds. The number of benzene rings is 2. The molecule has 30 heavy (non-hydrogen) atoms. The van der Waals surface area contributed by atoms with Crippen molar-refractivity contribution in [3.63, 3.8) is 0 Å². The van der Waals surface area contributed by atoms with Crippen LogP contribution in [0.5, 0.6) is 0 Å². The Morgan fingerprint density at radius 3 is 2.57 bits per heavy atom. The topological polar surface area (TPSA) is 74.7 Å². The molecule has 0 saturated carbocycles. The Labute approximate surface area is 179 Å². The van der Waals surface area contributed by atoms with Crippen LogP contribution in [0.2, 0.25) is 5.02 Å². The second kappa shape index (κ2) is 8.47. The molecular weight excluding hydrogens is 400 g/mol. The summed E-state index contributed by atoms with van der Waals surface area (Å²) in [5.74, 6) is -0.199. The lowest BCUT2D eigenvalue weighted by Crippen LogP contribution is -2.38. The number of aryl methyl sites for hydroxylation is 1. The number of hydrogen-bond donors (Lipinski definition) is 1. The number of hydrogen-bond acceptors (Lipinski definition) is 4. The van der Waals surface area contributed by atoms with Crippen LogP contribution in [-0.4, -0.2) is 29.1 Å². The first-order valence-electron chi connectivity index (χ1n) is 9.45. The zero-order valence-corrected chi connectivity index (χ0v) is 17.1. The van der Waals surface area contributed by atoms with E-state index in [0.717, 1.165) is 11.1 Å². The Hall–Kier alpha value is -3.51. The van der Waals surface area contributed by atoms with Gasteiger partial charge in [0.15, 0.2) is 5.82 Å². The van der Waals surface area contributed by atoms with E-state index in [2.05, 4.69) is 15.3 Å². The van der Waals surface area contributed by atoms with E-state index < -0.39 is 0 Å². The molecular formula is C23H19ClN4O2. The second-order valence-corrected chi connectivity index (χ2v) is 7.42. The van der Waals surface area contributed by atoms with Crippen molar-refractivity contribution in [2.24, 2.45) is 4.99 Å². The molecule has 0 radical (unpaired) electrons. The van der Waals surface area contributed by atoms with Crippen LogP contribution in [0, 0.1) is 6.92 Å². The van der Waals surface area contributed by atoms with Crippen LogP contribution < -0.4 is 10.2 Å². The standard InChI is InChI=1S/C23H19ClN4O2/c1-15-4-6-16(7-5-15)20-13-22(30)28(23-19(27-20)3-2-12-25-23)14-21(29)26-18-10-8-17(24)9-11-18/h2-12H,13-14H2,1H3,(H,26,29). The van der Waals surface area contributed by atoms with Gasteiger partial charge in [0.1, 0.15) is 12.2 Å². The molecule has 2 heterocycles. The molecule has 7 heteroatoms. The second-order valence-electron chi connectivity index (χ2n) is 6.98. The summed E-state index contributed by atoms with van der Waals surface area (Å²) in [6, 6.07) is 18.2. The maximum atomic E-state index is 13.1. The quantitative estimate of drug-likeness (QED) is 0.675. The summed E-state index contributed by atoms with van der Waals surface area (Å²) in [4.78, 5) is 36.1. The number of rotatable bonds is 4. The maximum absolute atomic E-state index is 13.1. The van der Waals surface area contributed by atoms with E-state index in [9.17, 15) is 9.59 Å². The number of fused-ring (bicyclic) bond motifs is 1. The van der Waals surface area contributed by atoms with Crippen LogP contribution in [0.4, 0.5) is 17.2 Å². The van der Waals surface area contributed by atoms with Crippen molar-refractivity contribution in [2.75, 3.05) is 16.8 Å². The largest absolute Gasteiger partial charge is 0.325 e. The lowest BCUT2D eigenvalue weighted by Gasteiger charge is -2.20. The maximum Gasteiger partial charge on any atom is 0.244 e. The highest BCUT2D eigenvalue weighted by Gasteiger charge is 2.27. The van der Waals surface area contributed by atoms with E-state index in [-0.39, 0.29) is 24.8 Å². The van der Waals surface area contributed by atoms with Gasteiger partial charge in [-0.1, -0.05) is 41.4 Å². The van der Waals surface area contributed by atoms with E-state index in [1.807, 2.05) is 31.2 Å². The number of aliphatic imine (C=N–C) groups is 1. The number of halogens is 1. The molecule has 0 aliphatic carbocycles. The van der Waals surface area contributed by atoms with Crippen LogP contribution >= 0.6 is 11.6 Å². The Morgan fingerprint density at radius 1 is 1.10 bits per heavy atom. The lowest BCUT2D eigenvalue weighted by atomic mass is 10.1. The summed E-state index contributed by atoms with van der Waals surface area (Å²) in [5.41, 5.74) is 3.80. The smallest absolute Gasteiger partial charge is 0.244 e. The number of pyridine rings is 1. The summed E-state index contributed by atoms with van der Waals surface area (Å²) in [6.07, 6.45) is 1.66. The van der Waals surface area contributed by atoms with Gasteiger partial charge in [-0.05, 0) is 48.9 Å². The highest BCUT2D eigenvalue weighted by atomic mass is 35.5. The number of aromatic nitrogens is 1. The number of carbonyl (C=O) groups excluding carboxylic acids is 2. The molecule has 0 saturated heterocycles. The number of carbonyl (C=O) groups is 2. The zero-order valence-electron chi connectivity index (χ0n) is 16.3. The van der Waals surface area contributed by atoms with Gasteiger partial charge in [-0.2, -0.15) is 0 Å². The van der Waals surface area contributed by atoms with E-state index in [1.54, 1.807) is 42.6 Å². The first-order valence-corrected chi connectivity index (χ1v) is 9.83. The average molecular weight is 419 g/mol. The number of amides is 2.